The quantitative estimate of drug-likeness (QED) is 0.0488. The topological polar surface area (TPSA) is 161 Å². The molecule has 6 rings (SSSR count). The number of carbonyl (C=O) groups excluding carboxylic acids is 3. The number of fused-ring (bicyclic) bond motifs is 2. The van der Waals surface area contributed by atoms with Gasteiger partial charge in [-0.1, -0.05) is 124 Å². The van der Waals surface area contributed by atoms with Crippen molar-refractivity contribution in [3.63, 3.8) is 0 Å². The van der Waals surface area contributed by atoms with E-state index in [0.29, 0.717) is 41.1 Å². The van der Waals surface area contributed by atoms with E-state index >= 15 is 0 Å². The molecule has 0 unspecified atom stereocenters. The van der Waals surface area contributed by atoms with Crippen molar-refractivity contribution < 1.29 is 48.4 Å². The van der Waals surface area contributed by atoms with Gasteiger partial charge < -0.3 is 28.9 Å². The lowest BCUT2D eigenvalue weighted by atomic mass is 9.65. The number of esters is 3. The summed E-state index contributed by atoms with van der Waals surface area (Å²) < 4.78 is 24.3. The van der Waals surface area contributed by atoms with Gasteiger partial charge in [0.15, 0.2) is 0 Å². The van der Waals surface area contributed by atoms with Gasteiger partial charge >= 0.3 is 17.9 Å². The van der Waals surface area contributed by atoms with Crippen LogP contribution >= 0.6 is 0 Å². The highest BCUT2D eigenvalue weighted by atomic mass is 16.9. The number of hydrogen-bond donors (Lipinski definition) is 1. The fraction of sp³-hybridized carbons (Fsp3) is 0.694. The first-order chi connectivity index (χ1) is 34.9. The van der Waals surface area contributed by atoms with Gasteiger partial charge in [0.2, 0.25) is 0 Å². The van der Waals surface area contributed by atoms with Crippen LogP contribution in [0.4, 0.5) is 0 Å². The molecule has 0 saturated carbocycles. The zero-order valence-corrected chi connectivity index (χ0v) is 47.5. The van der Waals surface area contributed by atoms with Crippen molar-refractivity contribution in [1.29, 1.82) is 0 Å². The lowest BCUT2D eigenvalue weighted by Crippen LogP contribution is -2.43. The van der Waals surface area contributed by atoms with Gasteiger partial charge in [-0.05, 0) is 168 Å². The molecule has 74 heavy (non-hydrogen) atoms. The summed E-state index contributed by atoms with van der Waals surface area (Å²) >= 11 is 0. The molecular formula is C62H93NO11. The van der Waals surface area contributed by atoms with Gasteiger partial charge in [-0.3, -0.25) is 9.59 Å². The maximum atomic E-state index is 13.0. The molecule has 10 atom stereocenters. The van der Waals surface area contributed by atoms with Crippen molar-refractivity contribution in [1.82, 2.24) is 0 Å². The highest BCUT2D eigenvalue weighted by Gasteiger charge is 2.43. The van der Waals surface area contributed by atoms with Gasteiger partial charge in [0.25, 0.3) is 5.09 Å². The second kappa shape index (κ2) is 27.4. The van der Waals surface area contributed by atoms with Crippen LogP contribution in [0.15, 0.2) is 48.1 Å². The summed E-state index contributed by atoms with van der Waals surface area (Å²) in [5, 5.41) is 19.5. The van der Waals surface area contributed by atoms with Crippen LogP contribution in [-0.2, 0) is 36.9 Å². The van der Waals surface area contributed by atoms with Gasteiger partial charge in [0, 0.05) is 17.9 Å². The zero-order chi connectivity index (χ0) is 54.5. The molecular weight excluding hydrogens is 935 g/mol. The van der Waals surface area contributed by atoms with Crippen molar-refractivity contribution >= 4 is 17.9 Å². The third-order valence-electron chi connectivity index (χ3n) is 16.9. The second-order valence-electron chi connectivity index (χ2n) is 24.3. The van der Waals surface area contributed by atoms with Gasteiger partial charge in [-0.2, -0.15) is 0 Å². The van der Waals surface area contributed by atoms with E-state index in [9.17, 15) is 29.6 Å². The molecule has 4 aliphatic rings. The summed E-state index contributed by atoms with van der Waals surface area (Å²) in [4.78, 5) is 52.4. The van der Waals surface area contributed by atoms with Crippen LogP contribution in [0.2, 0.25) is 0 Å². The normalized spacial score (nSPS) is 25.2. The van der Waals surface area contributed by atoms with Gasteiger partial charge in [0.1, 0.15) is 35.9 Å². The SMILES string of the molecule is CCC(C)(C)C(=O)O[C@H]1C[C@@H](C)C=C2C=C[C@H](C)[C@H](CC[C@@H]3C[C@@H](O)CC(=O)O3)[C@H]21.Cc1c(C)c2c(c(C)c1OC(=O)c1ccc(CO[N+](=O)[O-])cc1)CC[C@@](C)(CCC[C@H](C)CCC[C@H](C)CCCC(C)C)O2. The average molecular weight is 1030 g/mol. The first-order valence-corrected chi connectivity index (χ1v) is 28.3. The van der Waals surface area contributed by atoms with Gasteiger partial charge in [-0.15, -0.1) is 10.1 Å². The molecule has 412 valence electrons. The average Bonchev–Trinajstić information content (AvgIpc) is 3.33. The number of carbonyl (C=O) groups is 3. The summed E-state index contributed by atoms with van der Waals surface area (Å²) in [5.41, 5.74) is 5.55. The Morgan fingerprint density at radius 3 is 2.19 bits per heavy atom. The number of allylic oxidation sites excluding steroid dienone is 3. The lowest BCUT2D eigenvalue weighted by molar-refractivity contribution is -0.763. The van der Waals surface area contributed by atoms with Crippen molar-refractivity contribution in [2.24, 2.45) is 46.8 Å². The highest BCUT2D eigenvalue weighted by Crippen LogP contribution is 2.47. The lowest BCUT2D eigenvalue weighted by Gasteiger charge is -2.44. The predicted molar refractivity (Wildman–Crippen MR) is 291 cm³/mol. The van der Waals surface area contributed by atoms with Gasteiger partial charge in [-0.25, -0.2) is 4.79 Å². The molecule has 0 spiro atoms. The molecule has 1 fully saturated rings. The molecule has 2 aromatic rings. The molecule has 2 aliphatic heterocycles. The van der Waals surface area contributed by atoms with Crippen LogP contribution in [0.3, 0.4) is 0 Å². The van der Waals surface area contributed by atoms with E-state index in [1.54, 1.807) is 24.3 Å². The molecule has 0 bridgehead atoms. The van der Waals surface area contributed by atoms with Crippen molar-refractivity contribution in [3.8, 4) is 11.5 Å². The van der Waals surface area contributed by atoms with Crippen molar-refractivity contribution in [3.05, 3.63) is 91.6 Å². The number of hydrogen-bond acceptors (Lipinski definition) is 11. The highest BCUT2D eigenvalue weighted by molar-refractivity contribution is 5.91. The minimum absolute atomic E-state index is 0.0949. The fourth-order valence-corrected chi connectivity index (χ4v) is 11.5. The first-order valence-electron chi connectivity index (χ1n) is 28.3. The number of aliphatic hydroxyl groups excluding tert-OH is 1. The van der Waals surface area contributed by atoms with Crippen molar-refractivity contribution in [2.45, 2.75) is 230 Å². The van der Waals surface area contributed by atoms with Gasteiger partial charge in [0.05, 0.1) is 23.5 Å². The van der Waals surface area contributed by atoms with Crippen LogP contribution in [-0.4, -0.2) is 52.0 Å². The third kappa shape index (κ3) is 17.2. The van der Waals surface area contributed by atoms with E-state index in [-0.39, 0.29) is 48.7 Å². The number of nitrogens with zero attached hydrogens (tertiary/aromatic N) is 1. The number of aliphatic hydroxyl groups is 1. The second-order valence-corrected chi connectivity index (χ2v) is 24.3. The molecule has 1 N–H and O–H groups in total. The Morgan fingerprint density at radius 1 is 0.919 bits per heavy atom. The maximum Gasteiger partial charge on any atom is 0.343 e. The Bertz CT molecular complexity index is 2260. The molecule has 12 nitrogen and oxygen atoms in total. The molecule has 2 aromatic carbocycles. The Labute approximate surface area is 444 Å². The molecule has 1 saturated heterocycles. The van der Waals surface area contributed by atoms with Crippen LogP contribution in [0.5, 0.6) is 11.5 Å². The van der Waals surface area contributed by atoms with Crippen LogP contribution in [0.1, 0.15) is 210 Å². The Balaban J connectivity index is 0.000000294. The van der Waals surface area contributed by atoms with Crippen LogP contribution < -0.4 is 9.47 Å². The molecule has 0 amide bonds. The minimum atomic E-state index is -0.835. The van der Waals surface area contributed by atoms with Crippen molar-refractivity contribution in [2.75, 3.05) is 0 Å². The molecule has 2 heterocycles. The Morgan fingerprint density at radius 2 is 1.57 bits per heavy atom. The Hall–Kier alpha value is -4.71. The van der Waals surface area contributed by atoms with Crippen LogP contribution in [0, 0.1) is 77.7 Å². The van der Waals surface area contributed by atoms with E-state index in [4.69, 9.17) is 18.9 Å². The van der Waals surface area contributed by atoms with Crippen LogP contribution in [0.25, 0.3) is 0 Å². The fourth-order valence-electron chi connectivity index (χ4n) is 11.5. The molecule has 0 aromatic heterocycles. The summed E-state index contributed by atoms with van der Waals surface area (Å²) in [6.45, 7) is 27.9. The van der Waals surface area contributed by atoms with E-state index in [1.807, 2.05) is 41.5 Å². The smallest absolute Gasteiger partial charge is 0.343 e. The van der Waals surface area contributed by atoms with E-state index in [2.05, 4.69) is 71.5 Å². The largest absolute Gasteiger partial charge is 0.487 e. The minimum Gasteiger partial charge on any atom is -0.487 e. The first kappa shape index (κ1) is 60.2. The summed E-state index contributed by atoms with van der Waals surface area (Å²) in [6.07, 6.45) is 23.0. The molecule has 2 aliphatic carbocycles. The van der Waals surface area contributed by atoms with E-state index in [1.165, 1.54) is 56.9 Å². The number of rotatable bonds is 23. The Kier molecular flexibility index (Phi) is 22.3. The molecule has 0 radical (unpaired) electrons. The van der Waals surface area contributed by atoms with E-state index < -0.39 is 22.6 Å². The summed E-state index contributed by atoms with van der Waals surface area (Å²) in [7, 11) is 0. The number of ether oxygens (including phenoxy) is 4. The van der Waals surface area contributed by atoms with E-state index in [0.717, 1.165) is 90.7 Å². The number of cyclic esters (lactones) is 1. The third-order valence-corrected chi connectivity index (χ3v) is 16.9. The zero-order valence-electron chi connectivity index (χ0n) is 47.5. The summed E-state index contributed by atoms with van der Waals surface area (Å²) in [5.74, 6) is 4.24. The molecule has 12 heteroatoms. The maximum absolute atomic E-state index is 13.0. The number of benzene rings is 2. The summed E-state index contributed by atoms with van der Waals surface area (Å²) in [6, 6.07) is 6.46. The monoisotopic (exact) mass is 1030 g/mol. The predicted octanol–water partition coefficient (Wildman–Crippen LogP) is 14.6. The standard InChI is InChI=1S/C37H55NO6.C25H38O5/c1-25(2)12-9-13-26(3)14-10-15-27(4)16-11-22-37(8)23-21-33-30(7)34(28(5)29(6)35(33)44-37)43-36(39)32-19-17-31(18-20-32)24-42-38(40)41;1-6-25(4,5)24(28)30-21-12-15(2)11-17-8-7-16(3)20(23(17)21)10-9-19-13-18(26)14-22(27)29-19/h17-20,25-27H,9-16,21-24H2,1-8H3;7-8,11,15-16,18-21,23,26H,6,9-10,12-14H2,1-5H3/t26-,27-,37-;15-,16-,18+,19+,20-,21-,23-/m10/s1.